The second kappa shape index (κ2) is 5.65. The minimum Gasteiger partial charge on any atom is -0.408 e. The molecule has 1 aromatic heterocycles. The van der Waals surface area contributed by atoms with Gasteiger partial charge in [-0.15, -0.1) is 5.10 Å². The first-order chi connectivity index (χ1) is 10.1. The van der Waals surface area contributed by atoms with E-state index in [-0.39, 0.29) is 18.0 Å². The number of hydrogen-bond acceptors (Lipinski definition) is 5. The molecule has 1 aliphatic rings. The first-order valence-electron chi connectivity index (χ1n) is 7.10. The van der Waals surface area contributed by atoms with E-state index < -0.39 is 5.92 Å². The Kier molecular flexibility index (Phi) is 3.70. The number of rotatable bonds is 5. The molecule has 0 radical (unpaired) electrons. The Morgan fingerprint density at radius 1 is 1.33 bits per heavy atom. The van der Waals surface area contributed by atoms with E-state index in [0.29, 0.717) is 11.8 Å². The highest BCUT2D eigenvalue weighted by Crippen LogP contribution is 2.39. The monoisotopic (exact) mass is 286 g/mol. The second-order valence-corrected chi connectivity index (χ2v) is 5.43. The molecule has 1 aromatic carbocycles. The summed E-state index contributed by atoms with van der Waals surface area (Å²) in [6.45, 7) is 1.78. The molecule has 1 amide bonds. The largest absolute Gasteiger partial charge is 0.408 e. The molecule has 110 valence electrons. The number of carbonyl (C=O) groups excluding carboxylic acids is 1. The Morgan fingerprint density at radius 2 is 2.05 bits per heavy atom. The van der Waals surface area contributed by atoms with Gasteiger partial charge in [-0.25, -0.2) is 0 Å². The van der Waals surface area contributed by atoms with Gasteiger partial charge in [0.05, 0.1) is 5.92 Å². The molecule has 21 heavy (non-hydrogen) atoms. The van der Waals surface area contributed by atoms with Gasteiger partial charge >= 0.3 is 6.01 Å². The molecule has 3 rings (SSSR count). The molecule has 2 atom stereocenters. The van der Waals surface area contributed by atoms with Crippen LogP contribution in [0.3, 0.4) is 0 Å². The van der Waals surface area contributed by atoms with Crippen molar-refractivity contribution in [3.05, 3.63) is 41.8 Å². The summed E-state index contributed by atoms with van der Waals surface area (Å²) in [6.07, 6.45) is 2.15. The summed E-state index contributed by atoms with van der Waals surface area (Å²) < 4.78 is 5.42. The summed E-state index contributed by atoms with van der Waals surface area (Å²) in [4.78, 5) is 12.2. The molecule has 3 N–H and O–H groups in total. The predicted molar refractivity (Wildman–Crippen MR) is 77.4 cm³/mol. The third kappa shape index (κ3) is 3.11. The van der Waals surface area contributed by atoms with Crippen molar-refractivity contribution < 1.29 is 9.21 Å². The lowest BCUT2D eigenvalue weighted by Gasteiger charge is -2.18. The van der Waals surface area contributed by atoms with Crippen molar-refractivity contribution in [2.45, 2.75) is 31.7 Å². The van der Waals surface area contributed by atoms with Crippen LogP contribution in [-0.4, -0.2) is 16.1 Å². The van der Waals surface area contributed by atoms with Gasteiger partial charge < -0.3 is 10.2 Å². The van der Waals surface area contributed by atoms with Gasteiger partial charge in [-0.2, -0.15) is 0 Å². The molecule has 6 nitrogen and oxygen atoms in total. The maximum absolute atomic E-state index is 12.2. The normalized spacial score (nSPS) is 17.2. The molecular weight excluding hydrogens is 268 g/mol. The highest BCUT2D eigenvalue weighted by molar-refractivity contribution is 5.90. The van der Waals surface area contributed by atoms with E-state index in [0.717, 1.165) is 18.4 Å². The third-order valence-electron chi connectivity index (χ3n) is 3.73. The highest BCUT2D eigenvalue weighted by Gasteiger charge is 2.30. The fourth-order valence-corrected chi connectivity index (χ4v) is 2.13. The highest BCUT2D eigenvalue weighted by atomic mass is 16.4. The smallest absolute Gasteiger partial charge is 0.322 e. The summed E-state index contributed by atoms with van der Waals surface area (Å²) in [5.74, 6) is 0.346. The van der Waals surface area contributed by atoms with Gasteiger partial charge in [0.15, 0.2) is 0 Å². The van der Waals surface area contributed by atoms with Gasteiger partial charge in [-0.05, 0) is 18.4 Å². The number of nitrogens with one attached hydrogen (secondary N) is 1. The lowest BCUT2D eigenvalue weighted by Crippen LogP contribution is -2.30. The number of aromatic nitrogens is 2. The van der Waals surface area contributed by atoms with Gasteiger partial charge in [0.2, 0.25) is 11.8 Å². The van der Waals surface area contributed by atoms with E-state index >= 15 is 0 Å². The number of anilines is 1. The van der Waals surface area contributed by atoms with Crippen LogP contribution in [0.5, 0.6) is 0 Å². The number of amides is 1. The van der Waals surface area contributed by atoms with E-state index in [1.807, 2.05) is 30.3 Å². The molecule has 0 aliphatic heterocycles. The van der Waals surface area contributed by atoms with Crippen LogP contribution in [0.15, 0.2) is 34.7 Å². The van der Waals surface area contributed by atoms with Crippen LogP contribution < -0.4 is 11.1 Å². The Hall–Kier alpha value is -2.21. The van der Waals surface area contributed by atoms with Crippen molar-refractivity contribution in [1.29, 1.82) is 0 Å². The molecular formula is C15H18N4O2. The molecule has 1 fully saturated rings. The topological polar surface area (TPSA) is 94.0 Å². The summed E-state index contributed by atoms with van der Waals surface area (Å²) in [7, 11) is 0. The van der Waals surface area contributed by atoms with Crippen LogP contribution in [0.4, 0.5) is 6.01 Å². The zero-order valence-electron chi connectivity index (χ0n) is 11.8. The number of nitrogens with zero attached hydrogens (tertiary/aromatic N) is 2. The zero-order valence-corrected chi connectivity index (χ0v) is 11.8. The fraction of sp³-hybridized carbons (Fsp3) is 0.400. The molecule has 1 saturated carbocycles. The third-order valence-corrected chi connectivity index (χ3v) is 3.73. The predicted octanol–water partition coefficient (Wildman–Crippen LogP) is 2.22. The Bertz CT molecular complexity index is 622. The van der Waals surface area contributed by atoms with E-state index in [2.05, 4.69) is 15.5 Å². The fourth-order valence-electron chi connectivity index (χ4n) is 2.13. The Morgan fingerprint density at radius 3 is 2.71 bits per heavy atom. The lowest BCUT2D eigenvalue weighted by atomic mass is 9.95. The molecule has 0 bridgehead atoms. The van der Waals surface area contributed by atoms with Crippen molar-refractivity contribution in [1.82, 2.24) is 10.2 Å². The summed E-state index contributed by atoms with van der Waals surface area (Å²) in [5, 5.41) is 10.4. The van der Waals surface area contributed by atoms with Crippen molar-refractivity contribution in [3.63, 3.8) is 0 Å². The Balaban J connectivity index is 1.63. The van der Waals surface area contributed by atoms with Crippen LogP contribution in [0.25, 0.3) is 0 Å². The van der Waals surface area contributed by atoms with Crippen molar-refractivity contribution in [2.24, 2.45) is 11.7 Å². The van der Waals surface area contributed by atoms with Gasteiger partial charge in [0, 0.05) is 12.0 Å². The van der Waals surface area contributed by atoms with Crippen LogP contribution in [-0.2, 0) is 4.79 Å². The average molecular weight is 286 g/mol. The van der Waals surface area contributed by atoms with Crippen molar-refractivity contribution >= 4 is 11.9 Å². The quantitative estimate of drug-likeness (QED) is 0.879. The first-order valence-corrected chi connectivity index (χ1v) is 7.10. The summed E-state index contributed by atoms with van der Waals surface area (Å²) in [5.41, 5.74) is 7.05. The molecule has 2 aromatic rings. The van der Waals surface area contributed by atoms with Gasteiger partial charge in [0.1, 0.15) is 0 Å². The molecule has 6 heteroatoms. The number of hydrogen-bond donors (Lipinski definition) is 2. The zero-order chi connectivity index (χ0) is 14.8. The minimum atomic E-state index is -0.399. The molecule has 1 aliphatic carbocycles. The van der Waals surface area contributed by atoms with Crippen LogP contribution >= 0.6 is 0 Å². The average Bonchev–Trinajstić information content (AvgIpc) is 3.27. The minimum absolute atomic E-state index is 0.147. The van der Waals surface area contributed by atoms with Crippen LogP contribution in [0, 0.1) is 5.92 Å². The van der Waals surface area contributed by atoms with Crippen molar-refractivity contribution in [3.8, 4) is 0 Å². The first kappa shape index (κ1) is 13.8. The SMILES string of the molecule is CC(C(=O)Nc1nnc(C2CC2)o1)C(N)c1ccccc1. The molecule has 0 spiro atoms. The van der Waals surface area contributed by atoms with Gasteiger partial charge in [-0.3, -0.25) is 10.1 Å². The van der Waals surface area contributed by atoms with Crippen molar-refractivity contribution in [2.75, 3.05) is 5.32 Å². The Labute approximate surface area is 122 Å². The van der Waals surface area contributed by atoms with E-state index in [1.165, 1.54) is 0 Å². The molecule has 1 heterocycles. The van der Waals surface area contributed by atoms with E-state index in [4.69, 9.17) is 10.2 Å². The van der Waals surface area contributed by atoms with Crippen LogP contribution in [0.1, 0.15) is 43.2 Å². The number of nitrogens with two attached hydrogens (primary N) is 1. The summed E-state index contributed by atoms with van der Waals surface area (Å²) >= 11 is 0. The number of carbonyl (C=O) groups is 1. The maximum atomic E-state index is 12.2. The molecule has 2 unspecified atom stereocenters. The summed E-state index contributed by atoms with van der Waals surface area (Å²) in [6, 6.07) is 9.31. The van der Waals surface area contributed by atoms with E-state index in [9.17, 15) is 4.79 Å². The number of benzene rings is 1. The van der Waals surface area contributed by atoms with Gasteiger partial charge in [-0.1, -0.05) is 42.4 Å². The maximum Gasteiger partial charge on any atom is 0.322 e. The van der Waals surface area contributed by atoms with Gasteiger partial charge in [0.25, 0.3) is 0 Å². The standard InChI is InChI=1S/C15H18N4O2/c1-9(12(16)10-5-3-2-4-6-10)13(20)17-15-19-18-14(21-15)11-7-8-11/h2-6,9,11-12H,7-8,16H2,1H3,(H,17,19,20). The lowest BCUT2D eigenvalue weighted by molar-refractivity contribution is -0.120. The van der Waals surface area contributed by atoms with E-state index in [1.54, 1.807) is 6.92 Å². The van der Waals surface area contributed by atoms with Crippen LogP contribution in [0.2, 0.25) is 0 Å². The second-order valence-electron chi connectivity index (χ2n) is 5.43. The molecule has 0 saturated heterocycles.